The van der Waals surface area contributed by atoms with Gasteiger partial charge in [-0.05, 0) is 30.5 Å². The van der Waals surface area contributed by atoms with Gasteiger partial charge >= 0.3 is 5.97 Å². The van der Waals surface area contributed by atoms with Crippen LogP contribution < -0.4 is 0 Å². The van der Waals surface area contributed by atoms with Gasteiger partial charge in [0.05, 0.1) is 18.3 Å². The zero-order valence-electron chi connectivity index (χ0n) is 15.9. The van der Waals surface area contributed by atoms with Crippen molar-refractivity contribution in [3.63, 3.8) is 0 Å². The highest BCUT2D eigenvalue weighted by molar-refractivity contribution is 7.99. The molecule has 1 fully saturated rings. The van der Waals surface area contributed by atoms with E-state index in [9.17, 15) is 4.79 Å². The monoisotopic (exact) mass is 410 g/mol. The summed E-state index contributed by atoms with van der Waals surface area (Å²) < 4.78 is 3.65. The fraction of sp³-hybridized carbons (Fsp3) is 0.350. The van der Waals surface area contributed by atoms with Crippen LogP contribution in [0.25, 0.3) is 5.69 Å². The van der Waals surface area contributed by atoms with Crippen LogP contribution in [0.5, 0.6) is 0 Å². The van der Waals surface area contributed by atoms with Crippen molar-refractivity contribution in [1.82, 2.24) is 24.4 Å². The maximum Gasteiger partial charge on any atom is 0.313 e. The molecule has 1 aromatic carbocycles. The van der Waals surface area contributed by atoms with Crippen LogP contribution in [-0.2, 0) is 4.79 Å². The van der Waals surface area contributed by atoms with Crippen molar-refractivity contribution in [2.45, 2.75) is 43.2 Å². The average Bonchev–Trinajstić information content (AvgIpc) is 3.42. The van der Waals surface area contributed by atoms with Gasteiger partial charge < -0.3 is 9.67 Å². The fourth-order valence-corrected chi connectivity index (χ4v) is 4.10. The molecule has 0 saturated heterocycles. The quantitative estimate of drug-likeness (QED) is 0.472. The van der Waals surface area contributed by atoms with E-state index in [-0.39, 0.29) is 5.75 Å². The van der Waals surface area contributed by atoms with Crippen LogP contribution in [0.4, 0.5) is 0 Å². The van der Waals surface area contributed by atoms with Crippen LogP contribution in [0.2, 0.25) is 0 Å². The largest absolute Gasteiger partial charge is 0.481 e. The van der Waals surface area contributed by atoms with Crippen LogP contribution in [0.15, 0.2) is 53.2 Å². The topological polar surface area (TPSA) is 98.2 Å². The highest BCUT2D eigenvalue weighted by Gasteiger charge is 2.23. The minimum atomic E-state index is -0.886. The molecule has 150 valence electrons. The number of hydrogen-bond donors (Lipinski definition) is 1. The van der Waals surface area contributed by atoms with Crippen molar-refractivity contribution in [2.75, 3.05) is 5.75 Å². The minimum absolute atomic E-state index is 0.0715. The summed E-state index contributed by atoms with van der Waals surface area (Å²) in [4.78, 5) is 15.0. The fourth-order valence-electron chi connectivity index (χ4n) is 3.49. The molecule has 0 amide bonds. The Labute approximate surface area is 172 Å². The van der Waals surface area contributed by atoms with Crippen LogP contribution >= 0.6 is 11.8 Å². The average molecular weight is 411 g/mol. The molecule has 2 aromatic heterocycles. The highest BCUT2D eigenvalue weighted by atomic mass is 32.2. The Morgan fingerprint density at radius 1 is 1.21 bits per heavy atom. The molecule has 8 nitrogen and oxygen atoms in total. The molecule has 0 radical (unpaired) electrons. The summed E-state index contributed by atoms with van der Waals surface area (Å²) in [6.07, 6.45) is 12.9. The number of thioether (sulfide) groups is 1. The third kappa shape index (κ3) is 4.73. The molecule has 2 heterocycles. The molecule has 0 bridgehead atoms. The van der Waals surface area contributed by atoms with Crippen molar-refractivity contribution in [2.24, 2.45) is 5.10 Å². The molecule has 0 unspecified atom stereocenters. The Bertz CT molecular complexity index is 975. The number of carboxylic acids is 1. The molecule has 29 heavy (non-hydrogen) atoms. The van der Waals surface area contributed by atoms with Crippen LogP contribution in [0.1, 0.15) is 49.4 Å². The molecule has 4 rings (SSSR count). The predicted octanol–water partition coefficient (Wildman–Crippen LogP) is 3.57. The second-order valence-corrected chi connectivity index (χ2v) is 7.92. The zero-order chi connectivity index (χ0) is 20.1. The molecule has 0 spiro atoms. The third-order valence-electron chi connectivity index (χ3n) is 4.95. The number of imidazole rings is 1. The van der Waals surface area contributed by atoms with E-state index < -0.39 is 5.97 Å². The first-order chi connectivity index (χ1) is 14.2. The number of aliphatic carboxylic acids is 1. The Morgan fingerprint density at radius 2 is 2.00 bits per heavy atom. The van der Waals surface area contributed by atoms with Crippen LogP contribution in [0, 0.1) is 0 Å². The van der Waals surface area contributed by atoms with E-state index in [0.717, 1.165) is 41.7 Å². The van der Waals surface area contributed by atoms with E-state index in [4.69, 9.17) is 5.11 Å². The van der Waals surface area contributed by atoms with Crippen molar-refractivity contribution in [3.8, 4) is 5.69 Å². The van der Waals surface area contributed by atoms with E-state index in [0.29, 0.717) is 11.1 Å². The first-order valence-corrected chi connectivity index (χ1v) is 10.6. The smallest absolute Gasteiger partial charge is 0.313 e. The number of aromatic nitrogens is 5. The van der Waals surface area contributed by atoms with E-state index in [1.807, 2.05) is 35.0 Å². The van der Waals surface area contributed by atoms with E-state index >= 15 is 0 Å². The summed E-state index contributed by atoms with van der Waals surface area (Å²) in [7, 11) is 0. The van der Waals surface area contributed by atoms with Gasteiger partial charge in [-0.25, -0.2) is 4.98 Å². The summed E-state index contributed by atoms with van der Waals surface area (Å²) in [6.45, 7) is 0. The highest BCUT2D eigenvalue weighted by Crippen LogP contribution is 2.33. The number of benzene rings is 1. The summed E-state index contributed by atoms with van der Waals surface area (Å²) in [5.41, 5.74) is 1.95. The lowest BCUT2D eigenvalue weighted by Gasteiger charge is -2.20. The van der Waals surface area contributed by atoms with Crippen LogP contribution in [-0.4, -0.2) is 47.5 Å². The second-order valence-electron chi connectivity index (χ2n) is 6.98. The number of hydrogen-bond acceptors (Lipinski definition) is 6. The minimum Gasteiger partial charge on any atom is -0.481 e. The maximum atomic E-state index is 11.0. The second kappa shape index (κ2) is 9.04. The van der Waals surface area contributed by atoms with Crippen molar-refractivity contribution < 1.29 is 9.90 Å². The standard InChI is InChI=1S/C20H22N6O2S/c27-18(28)13-29-20-24-23-19(16-4-2-1-3-5-16)26(20)22-12-15-6-8-17(9-7-15)25-11-10-21-14-25/h6-12,14,16H,1-5,13H2,(H,27,28)/b22-12+. The number of nitrogens with zero attached hydrogens (tertiary/aromatic N) is 6. The Balaban J connectivity index is 1.58. The maximum absolute atomic E-state index is 11.0. The summed E-state index contributed by atoms with van der Waals surface area (Å²) in [5, 5.41) is 22.7. The first kappa shape index (κ1) is 19.4. The molecule has 0 aliphatic heterocycles. The SMILES string of the molecule is O=C(O)CSc1nnc(C2CCCCC2)n1/N=C/c1ccc(-n2ccnc2)cc1. The van der Waals surface area contributed by atoms with Gasteiger partial charge in [0.2, 0.25) is 5.16 Å². The molecule has 1 aliphatic carbocycles. The molecule has 1 N–H and O–H groups in total. The van der Waals surface area contributed by atoms with Crippen molar-refractivity contribution >= 4 is 23.9 Å². The van der Waals surface area contributed by atoms with E-state index in [2.05, 4.69) is 20.3 Å². The Morgan fingerprint density at radius 3 is 2.69 bits per heavy atom. The molecular formula is C20H22N6O2S. The molecule has 0 atom stereocenters. The van der Waals surface area contributed by atoms with Gasteiger partial charge in [-0.15, -0.1) is 10.2 Å². The third-order valence-corrected chi connectivity index (χ3v) is 5.85. The summed E-state index contributed by atoms with van der Waals surface area (Å²) in [6, 6.07) is 7.95. The summed E-state index contributed by atoms with van der Waals surface area (Å²) in [5.74, 6) is 0.181. The van der Waals surface area contributed by atoms with Gasteiger partial charge in [0, 0.05) is 24.0 Å². The van der Waals surface area contributed by atoms with Crippen LogP contribution in [0.3, 0.4) is 0 Å². The summed E-state index contributed by atoms with van der Waals surface area (Å²) >= 11 is 1.14. The molecule has 1 aliphatic rings. The van der Waals surface area contributed by atoms with E-state index in [1.54, 1.807) is 23.4 Å². The molecule has 1 saturated carbocycles. The van der Waals surface area contributed by atoms with E-state index in [1.165, 1.54) is 19.3 Å². The lowest BCUT2D eigenvalue weighted by molar-refractivity contribution is -0.133. The molecule has 9 heteroatoms. The number of rotatable bonds is 7. The normalized spacial score (nSPS) is 15.2. The van der Waals surface area contributed by atoms with Gasteiger partial charge in [0.15, 0.2) is 5.82 Å². The van der Waals surface area contributed by atoms with Crippen molar-refractivity contribution in [3.05, 3.63) is 54.4 Å². The van der Waals surface area contributed by atoms with Gasteiger partial charge in [0.25, 0.3) is 0 Å². The van der Waals surface area contributed by atoms with Gasteiger partial charge in [-0.2, -0.15) is 9.78 Å². The Hall–Kier alpha value is -2.94. The van der Waals surface area contributed by atoms with Gasteiger partial charge in [-0.1, -0.05) is 43.2 Å². The molecule has 3 aromatic rings. The predicted molar refractivity (Wildman–Crippen MR) is 111 cm³/mol. The Kier molecular flexibility index (Phi) is 6.04. The lowest BCUT2D eigenvalue weighted by Crippen LogP contribution is -2.11. The van der Waals surface area contributed by atoms with Crippen molar-refractivity contribution in [1.29, 1.82) is 0 Å². The van der Waals surface area contributed by atoms with Gasteiger partial charge in [-0.3, -0.25) is 4.79 Å². The first-order valence-electron chi connectivity index (χ1n) is 9.63. The number of carboxylic acid groups (broad SMARTS) is 1. The zero-order valence-corrected chi connectivity index (χ0v) is 16.7. The molecular weight excluding hydrogens is 388 g/mol. The number of carbonyl (C=O) groups is 1. The van der Waals surface area contributed by atoms with Gasteiger partial charge in [0.1, 0.15) is 0 Å². The lowest BCUT2D eigenvalue weighted by atomic mass is 9.89.